The van der Waals surface area contributed by atoms with Gasteiger partial charge >= 0.3 is 0 Å². The topological polar surface area (TPSA) is 49.3 Å². The smallest absolute Gasteiger partial charge is 0.174 e. The summed E-state index contributed by atoms with van der Waals surface area (Å²) in [6.07, 6.45) is 0. The van der Waals surface area contributed by atoms with Crippen molar-refractivity contribution in [1.29, 1.82) is 0 Å². The van der Waals surface area contributed by atoms with E-state index in [2.05, 4.69) is 11.9 Å². The normalized spacial score (nSPS) is 10.9. The molecule has 0 aliphatic carbocycles. The fourth-order valence-electron chi connectivity index (χ4n) is 0.447. The second kappa shape index (κ2) is 3.53. The summed E-state index contributed by atoms with van der Waals surface area (Å²) in [7, 11) is 0. The lowest BCUT2D eigenvalue weighted by Gasteiger charge is -2.18. The summed E-state index contributed by atoms with van der Waals surface area (Å²) < 4.78 is 0. The number of hydrogen-bond acceptors (Lipinski definition) is 3. The molecule has 2 N–H and O–H groups in total. The minimum absolute atomic E-state index is 0.103. The van der Waals surface area contributed by atoms with E-state index in [1.165, 1.54) is 6.92 Å². The van der Waals surface area contributed by atoms with Crippen molar-refractivity contribution < 1.29 is 9.90 Å². The molecule has 0 amide bonds. The number of aliphatic hydroxyl groups is 1. The van der Waals surface area contributed by atoms with Crippen LogP contribution in [0.25, 0.3) is 0 Å². The van der Waals surface area contributed by atoms with Gasteiger partial charge < -0.3 is 10.4 Å². The van der Waals surface area contributed by atoms with Crippen molar-refractivity contribution in [3.63, 3.8) is 0 Å². The average molecular weight is 157 g/mol. The molecule has 0 bridgehead atoms. The van der Waals surface area contributed by atoms with Gasteiger partial charge in [-0.1, -0.05) is 6.58 Å². The minimum atomic E-state index is -0.807. The van der Waals surface area contributed by atoms with Gasteiger partial charge in [0.05, 0.1) is 11.3 Å². The molecule has 0 aliphatic heterocycles. The molecule has 0 rings (SSSR count). The van der Waals surface area contributed by atoms with Gasteiger partial charge in [0.25, 0.3) is 0 Å². The van der Waals surface area contributed by atoms with Gasteiger partial charge in [-0.15, -0.1) is 0 Å². The van der Waals surface area contributed by atoms with E-state index < -0.39 is 5.60 Å². The molecule has 3 nitrogen and oxygen atoms in total. The SMILES string of the molecule is C=C(NCC(C)(C)O)C(C)=O. The zero-order valence-corrected chi connectivity index (χ0v) is 7.27. The van der Waals surface area contributed by atoms with Crippen molar-refractivity contribution in [1.82, 2.24) is 5.32 Å². The molecule has 64 valence electrons. The molecular weight excluding hydrogens is 142 g/mol. The third-order valence-corrected chi connectivity index (χ3v) is 1.16. The second-order valence-electron chi connectivity index (χ2n) is 3.20. The van der Waals surface area contributed by atoms with E-state index in [1.807, 2.05) is 0 Å². The van der Waals surface area contributed by atoms with Crippen molar-refractivity contribution in [3.05, 3.63) is 12.3 Å². The largest absolute Gasteiger partial charge is 0.389 e. The zero-order valence-electron chi connectivity index (χ0n) is 7.27. The van der Waals surface area contributed by atoms with Crippen LogP contribution in [-0.2, 0) is 4.79 Å². The third kappa shape index (κ3) is 5.61. The standard InChI is InChI=1S/C8H15NO2/c1-6(7(2)10)9-5-8(3,4)11/h9,11H,1,5H2,2-4H3. The summed E-state index contributed by atoms with van der Waals surface area (Å²) in [5, 5.41) is 12.0. The number of nitrogens with one attached hydrogen (secondary N) is 1. The molecule has 0 fully saturated rings. The Labute approximate surface area is 67.1 Å². The van der Waals surface area contributed by atoms with Gasteiger partial charge in [0, 0.05) is 13.5 Å². The Hall–Kier alpha value is -0.830. The van der Waals surface area contributed by atoms with E-state index in [-0.39, 0.29) is 5.78 Å². The lowest BCUT2D eigenvalue weighted by molar-refractivity contribution is -0.114. The Morgan fingerprint density at radius 2 is 2.09 bits per heavy atom. The van der Waals surface area contributed by atoms with E-state index in [4.69, 9.17) is 0 Å². The summed E-state index contributed by atoms with van der Waals surface area (Å²) in [5.41, 5.74) is -0.467. The maximum Gasteiger partial charge on any atom is 0.174 e. The monoisotopic (exact) mass is 157 g/mol. The first kappa shape index (κ1) is 10.2. The van der Waals surface area contributed by atoms with Crippen LogP contribution in [0, 0.1) is 0 Å². The van der Waals surface area contributed by atoms with Crippen LogP contribution in [0.4, 0.5) is 0 Å². The maximum absolute atomic E-state index is 10.6. The van der Waals surface area contributed by atoms with Gasteiger partial charge in [0.1, 0.15) is 0 Å². The number of ketones is 1. The van der Waals surface area contributed by atoms with Gasteiger partial charge in [-0.2, -0.15) is 0 Å². The van der Waals surface area contributed by atoms with E-state index >= 15 is 0 Å². The number of allylic oxidation sites excluding steroid dienone is 1. The Bertz CT molecular complexity index is 167. The molecule has 0 aromatic carbocycles. The quantitative estimate of drug-likeness (QED) is 0.582. The Morgan fingerprint density at radius 3 is 2.36 bits per heavy atom. The molecule has 0 radical (unpaired) electrons. The number of Topliss-reactive ketones (excluding diaryl/α,β-unsaturated/α-hetero) is 1. The first-order chi connectivity index (χ1) is 4.83. The molecule has 0 saturated carbocycles. The third-order valence-electron chi connectivity index (χ3n) is 1.16. The summed E-state index contributed by atoms with van der Waals surface area (Å²) >= 11 is 0. The van der Waals surface area contributed by atoms with Crippen LogP contribution < -0.4 is 5.32 Å². The van der Waals surface area contributed by atoms with Gasteiger partial charge in [-0.3, -0.25) is 4.79 Å². The van der Waals surface area contributed by atoms with Crippen LogP contribution in [0.3, 0.4) is 0 Å². The summed E-state index contributed by atoms with van der Waals surface area (Å²) in [5.74, 6) is -0.103. The molecule has 0 saturated heterocycles. The van der Waals surface area contributed by atoms with Crippen molar-refractivity contribution in [2.75, 3.05) is 6.54 Å². The van der Waals surface area contributed by atoms with E-state index in [1.54, 1.807) is 13.8 Å². The Morgan fingerprint density at radius 1 is 1.64 bits per heavy atom. The highest BCUT2D eigenvalue weighted by Gasteiger charge is 2.12. The number of hydrogen-bond donors (Lipinski definition) is 2. The van der Waals surface area contributed by atoms with Crippen molar-refractivity contribution in [2.45, 2.75) is 26.4 Å². The highest BCUT2D eigenvalue weighted by atomic mass is 16.3. The van der Waals surface area contributed by atoms with E-state index in [0.29, 0.717) is 12.2 Å². The number of carbonyl (C=O) groups is 1. The van der Waals surface area contributed by atoms with Gasteiger partial charge in [0.15, 0.2) is 5.78 Å². The van der Waals surface area contributed by atoms with Crippen LogP contribution >= 0.6 is 0 Å². The Balaban J connectivity index is 3.73. The number of carbonyl (C=O) groups excluding carboxylic acids is 1. The lowest BCUT2D eigenvalue weighted by Crippen LogP contribution is -2.35. The molecule has 0 spiro atoms. The molecule has 11 heavy (non-hydrogen) atoms. The van der Waals surface area contributed by atoms with Crippen LogP contribution in [0.15, 0.2) is 12.3 Å². The van der Waals surface area contributed by atoms with Crippen LogP contribution in [0.5, 0.6) is 0 Å². The molecule has 0 heterocycles. The predicted molar refractivity (Wildman–Crippen MR) is 44.1 cm³/mol. The first-order valence-electron chi connectivity index (χ1n) is 3.49. The van der Waals surface area contributed by atoms with Gasteiger partial charge in [-0.05, 0) is 13.8 Å². The van der Waals surface area contributed by atoms with Gasteiger partial charge in [0.2, 0.25) is 0 Å². The highest BCUT2D eigenvalue weighted by Crippen LogP contribution is 1.98. The van der Waals surface area contributed by atoms with E-state index in [0.717, 1.165) is 0 Å². The number of rotatable bonds is 4. The average Bonchev–Trinajstić information content (AvgIpc) is 1.80. The second-order valence-corrected chi connectivity index (χ2v) is 3.20. The molecule has 3 heteroatoms. The summed E-state index contributed by atoms with van der Waals surface area (Å²) in [6, 6.07) is 0. The molecule has 0 aromatic rings. The van der Waals surface area contributed by atoms with Crippen LogP contribution in [-0.4, -0.2) is 23.0 Å². The predicted octanol–water partition coefficient (Wildman–Crippen LogP) is 0.450. The molecule has 0 aliphatic rings. The first-order valence-corrected chi connectivity index (χ1v) is 3.49. The van der Waals surface area contributed by atoms with Crippen LogP contribution in [0.1, 0.15) is 20.8 Å². The van der Waals surface area contributed by atoms with Gasteiger partial charge in [-0.25, -0.2) is 0 Å². The van der Waals surface area contributed by atoms with Crippen molar-refractivity contribution in [2.24, 2.45) is 0 Å². The fraction of sp³-hybridized carbons (Fsp3) is 0.625. The minimum Gasteiger partial charge on any atom is -0.389 e. The summed E-state index contributed by atoms with van der Waals surface area (Å²) in [6.45, 7) is 8.57. The molecular formula is C8H15NO2. The molecule has 0 atom stereocenters. The summed E-state index contributed by atoms with van der Waals surface area (Å²) in [4.78, 5) is 10.6. The lowest BCUT2D eigenvalue weighted by atomic mass is 10.1. The zero-order chi connectivity index (χ0) is 9.07. The molecule has 0 aromatic heterocycles. The highest BCUT2D eigenvalue weighted by molar-refractivity contribution is 5.91. The van der Waals surface area contributed by atoms with Crippen LogP contribution in [0.2, 0.25) is 0 Å². The Kier molecular flexibility index (Phi) is 3.26. The molecule has 0 unspecified atom stereocenters. The fourth-order valence-corrected chi connectivity index (χ4v) is 0.447. The van der Waals surface area contributed by atoms with Crippen molar-refractivity contribution in [3.8, 4) is 0 Å². The van der Waals surface area contributed by atoms with E-state index in [9.17, 15) is 9.90 Å². The maximum atomic E-state index is 10.6. The van der Waals surface area contributed by atoms with Crippen molar-refractivity contribution >= 4 is 5.78 Å².